The smallest absolute Gasteiger partial charge is 0.250 e. The minimum atomic E-state index is -0.441. The van der Waals surface area contributed by atoms with Gasteiger partial charge in [-0.2, -0.15) is 0 Å². The first-order chi connectivity index (χ1) is 12.5. The monoisotopic (exact) mass is 391 g/mol. The molecule has 7 heteroatoms. The van der Waals surface area contributed by atoms with Crippen LogP contribution in [0.1, 0.15) is 31.2 Å². The van der Waals surface area contributed by atoms with Crippen LogP contribution in [0.2, 0.25) is 5.02 Å². The summed E-state index contributed by atoms with van der Waals surface area (Å²) in [6, 6.07) is 7.24. The number of primary amides is 1. The minimum Gasteiger partial charge on any atom is -0.366 e. The third-order valence-corrected chi connectivity index (χ3v) is 6.04. The molecule has 1 amide bonds. The van der Waals surface area contributed by atoms with Crippen LogP contribution in [-0.2, 0) is 30.6 Å². The van der Waals surface area contributed by atoms with Crippen molar-refractivity contribution in [2.75, 3.05) is 19.6 Å². The number of halogens is 1. The van der Waals surface area contributed by atoms with E-state index in [0.29, 0.717) is 23.6 Å². The molecule has 1 aromatic heterocycles. The van der Waals surface area contributed by atoms with Crippen LogP contribution in [0.3, 0.4) is 0 Å². The maximum atomic E-state index is 12.5. The van der Waals surface area contributed by atoms with E-state index in [9.17, 15) is 9.59 Å². The molecule has 138 valence electrons. The number of benzene rings is 1. The number of carbonyl (C=O) groups excluding carboxylic acids is 2. The summed E-state index contributed by atoms with van der Waals surface area (Å²) in [7, 11) is 0. The molecule has 1 aliphatic rings. The zero-order valence-corrected chi connectivity index (χ0v) is 16.0. The highest BCUT2D eigenvalue weighted by atomic mass is 35.5. The molecule has 1 aromatic carbocycles. The van der Waals surface area contributed by atoms with E-state index in [0.717, 1.165) is 46.9 Å². The van der Waals surface area contributed by atoms with Crippen molar-refractivity contribution in [1.82, 2.24) is 4.90 Å². The van der Waals surface area contributed by atoms with E-state index in [4.69, 9.17) is 23.1 Å². The van der Waals surface area contributed by atoms with Crippen molar-refractivity contribution >= 4 is 34.6 Å². The predicted octanol–water partition coefficient (Wildman–Crippen LogP) is 2.17. The molecule has 1 aliphatic heterocycles. The van der Waals surface area contributed by atoms with E-state index in [2.05, 4.69) is 4.90 Å². The highest BCUT2D eigenvalue weighted by Gasteiger charge is 2.27. The Labute approximate surface area is 161 Å². The Morgan fingerprint density at radius 3 is 2.58 bits per heavy atom. The van der Waals surface area contributed by atoms with Crippen LogP contribution >= 0.6 is 22.9 Å². The van der Waals surface area contributed by atoms with E-state index in [-0.39, 0.29) is 12.2 Å². The zero-order valence-electron chi connectivity index (χ0n) is 14.5. The van der Waals surface area contributed by atoms with Gasteiger partial charge in [-0.3, -0.25) is 14.5 Å². The summed E-state index contributed by atoms with van der Waals surface area (Å²) >= 11 is 7.42. The SMILES string of the molecule is NCCN1CCc2c(sc(CC(=O)Cc3ccc(Cl)cc3)c2C(N)=O)C1. The quantitative estimate of drug-likeness (QED) is 0.756. The van der Waals surface area contributed by atoms with Gasteiger partial charge in [0.1, 0.15) is 5.78 Å². The Morgan fingerprint density at radius 2 is 1.92 bits per heavy atom. The van der Waals surface area contributed by atoms with Crippen molar-refractivity contribution in [1.29, 1.82) is 0 Å². The Hall–Kier alpha value is -1.73. The fourth-order valence-electron chi connectivity index (χ4n) is 3.37. The van der Waals surface area contributed by atoms with Gasteiger partial charge in [-0.15, -0.1) is 11.3 Å². The molecule has 0 saturated carbocycles. The molecule has 3 rings (SSSR count). The average Bonchev–Trinajstić information content (AvgIpc) is 2.94. The molecule has 4 N–H and O–H groups in total. The second kappa shape index (κ2) is 8.31. The number of nitrogens with two attached hydrogens (primary N) is 2. The topological polar surface area (TPSA) is 89.4 Å². The Kier molecular flexibility index (Phi) is 6.09. The highest BCUT2D eigenvalue weighted by molar-refractivity contribution is 7.12. The number of hydrogen-bond donors (Lipinski definition) is 2. The summed E-state index contributed by atoms with van der Waals surface area (Å²) < 4.78 is 0. The number of ketones is 1. The first-order valence-corrected chi connectivity index (χ1v) is 9.79. The van der Waals surface area contributed by atoms with E-state index in [1.165, 1.54) is 11.3 Å². The Bertz CT molecular complexity index is 817. The summed E-state index contributed by atoms with van der Waals surface area (Å²) in [6.07, 6.45) is 1.32. The molecule has 2 heterocycles. The summed E-state index contributed by atoms with van der Waals surface area (Å²) in [5.74, 6) is -0.378. The number of carbonyl (C=O) groups is 2. The van der Waals surface area contributed by atoms with Gasteiger partial charge in [0, 0.05) is 53.8 Å². The molecule has 2 aromatic rings. The van der Waals surface area contributed by atoms with Gasteiger partial charge in [0.15, 0.2) is 0 Å². The molecule has 0 aliphatic carbocycles. The lowest BCUT2D eigenvalue weighted by Gasteiger charge is -2.26. The van der Waals surface area contributed by atoms with Crippen LogP contribution in [0.15, 0.2) is 24.3 Å². The van der Waals surface area contributed by atoms with E-state index in [1.807, 2.05) is 12.1 Å². The summed E-state index contributed by atoms with van der Waals surface area (Å²) in [6.45, 7) is 3.06. The molecule has 0 bridgehead atoms. The first kappa shape index (κ1) is 19.0. The van der Waals surface area contributed by atoms with Gasteiger partial charge in [0.25, 0.3) is 0 Å². The van der Waals surface area contributed by atoms with Crippen LogP contribution in [0, 0.1) is 0 Å². The molecule has 0 fully saturated rings. The number of fused-ring (bicyclic) bond motifs is 1. The molecular weight excluding hydrogens is 370 g/mol. The number of amides is 1. The zero-order chi connectivity index (χ0) is 18.7. The molecule has 0 radical (unpaired) electrons. The predicted molar refractivity (Wildman–Crippen MR) is 105 cm³/mol. The van der Waals surface area contributed by atoms with E-state index >= 15 is 0 Å². The molecule has 0 spiro atoms. The third kappa shape index (κ3) is 4.32. The van der Waals surface area contributed by atoms with Gasteiger partial charge in [0.05, 0.1) is 5.56 Å². The number of rotatable bonds is 7. The van der Waals surface area contributed by atoms with Crippen LogP contribution in [0.25, 0.3) is 0 Å². The van der Waals surface area contributed by atoms with E-state index < -0.39 is 5.91 Å². The maximum absolute atomic E-state index is 12.5. The van der Waals surface area contributed by atoms with Gasteiger partial charge < -0.3 is 11.5 Å². The van der Waals surface area contributed by atoms with Crippen molar-refractivity contribution in [3.63, 3.8) is 0 Å². The van der Waals surface area contributed by atoms with Gasteiger partial charge in [-0.05, 0) is 29.7 Å². The summed E-state index contributed by atoms with van der Waals surface area (Å²) in [4.78, 5) is 28.7. The number of nitrogens with zero attached hydrogens (tertiary/aromatic N) is 1. The van der Waals surface area contributed by atoms with Crippen molar-refractivity contribution in [2.24, 2.45) is 11.5 Å². The summed E-state index contributed by atoms with van der Waals surface area (Å²) in [5, 5.41) is 0.644. The molecule has 0 unspecified atom stereocenters. The third-order valence-electron chi connectivity index (χ3n) is 4.57. The first-order valence-electron chi connectivity index (χ1n) is 8.59. The molecular formula is C19H22ClN3O2S. The van der Waals surface area contributed by atoms with Crippen molar-refractivity contribution in [3.05, 3.63) is 55.7 Å². The molecule has 0 atom stereocenters. The second-order valence-corrected chi connectivity index (χ2v) is 8.13. The Morgan fingerprint density at radius 1 is 1.19 bits per heavy atom. The van der Waals surface area contributed by atoms with Crippen LogP contribution in [0.4, 0.5) is 0 Å². The molecule has 26 heavy (non-hydrogen) atoms. The summed E-state index contributed by atoms with van der Waals surface area (Å²) in [5.41, 5.74) is 13.8. The number of thiophene rings is 1. The fraction of sp³-hybridized carbons (Fsp3) is 0.368. The fourth-order valence-corrected chi connectivity index (χ4v) is 4.93. The highest BCUT2D eigenvalue weighted by Crippen LogP contribution is 2.33. The lowest BCUT2D eigenvalue weighted by molar-refractivity contribution is -0.117. The molecule has 0 saturated heterocycles. The van der Waals surface area contributed by atoms with Gasteiger partial charge in [-0.25, -0.2) is 0 Å². The largest absolute Gasteiger partial charge is 0.366 e. The van der Waals surface area contributed by atoms with Crippen LogP contribution in [0.5, 0.6) is 0 Å². The van der Waals surface area contributed by atoms with Gasteiger partial charge >= 0.3 is 0 Å². The number of Topliss-reactive ketones (excluding diaryl/α,β-unsaturated/α-hetero) is 1. The van der Waals surface area contributed by atoms with Crippen LogP contribution in [-0.4, -0.2) is 36.2 Å². The van der Waals surface area contributed by atoms with E-state index in [1.54, 1.807) is 12.1 Å². The van der Waals surface area contributed by atoms with Gasteiger partial charge in [0.2, 0.25) is 5.91 Å². The Balaban J connectivity index is 1.78. The van der Waals surface area contributed by atoms with Crippen LogP contribution < -0.4 is 11.5 Å². The average molecular weight is 392 g/mol. The number of hydrogen-bond acceptors (Lipinski definition) is 5. The van der Waals surface area contributed by atoms with Gasteiger partial charge in [-0.1, -0.05) is 23.7 Å². The van der Waals surface area contributed by atoms with Crippen molar-refractivity contribution < 1.29 is 9.59 Å². The minimum absolute atomic E-state index is 0.0623. The second-order valence-electron chi connectivity index (χ2n) is 6.50. The lowest BCUT2D eigenvalue weighted by atomic mass is 9.98. The molecule has 5 nitrogen and oxygen atoms in total. The standard InChI is InChI=1S/C19H22ClN3O2S/c20-13-3-1-12(2-4-13)9-14(24)10-16-18(19(22)25)15-5-7-23(8-6-21)11-17(15)26-16/h1-4H,5-11,21H2,(H2,22,25). The van der Waals surface area contributed by atoms with Crippen molar-refractivity contribution in [3.8, 4) is 0 Å². The van der Waals surface area contributed by atoms with Crippen molar-refractivity contribution in [2.45, 2.75) is 25.8 Å². The normalized spacial score (nSPS) is 14.2. The lowest BCUT2D eigenvalue weighted by Crippen LogP contribution is -2.34. The maximum Gasteiger partial charge on any atom is 0.250 e.